The number of pyridine rings is 1. The lowest BCUT2D eigenvalue weighted by Gasteiger charge is -2.36. The van der Waals surface area contributed by atoms with Crippen LogP contribution in [0.5, 0.6) is 0 Å². The monoisotopic (exact) mass is 412 g/mol. The molecule has 0 spiro atoms. The molecule has 1 unspecified atom stereocenters. The summed E-state index contributed by atoms with van der Waals surface area (Å²) in [6.07, 6.45) is 2.09. The van der Waals surface area contributed by atoms with Gasteiger partial charge >= 0.3 is 0 Å². The third kappa shape index (κ3) is 4.00. The van der Waals surface area contributed by atoms with Gasteiger partial charge in [-0.1, -0.05) is 35.9 Å². The van der Waals surface area contributed by atoms with E-state index >= 15 is 0 Å². The fourth-order valence-corrected chi connectivity index (χ4v) is 3.80. The maximum Gasteiger partial charge on any atom is 0.137 e. The van der Waals surface area contributed by atoms with Crippen LogP contribution in [0, 0.1) is 6.92 Å². The second kappa shape index (κ2) is 9.07. The maximum absolute atomic E-state index is 6.46. The van der Waals surface area contributed by atoms with Gasteiger partial charge < -0.3 is 9.72 Å². The SMILES string of the molecule is Cc1nc2ccccn2c1CN1CCNCC1c1ccccc1Cl.Cl.Cl. The normalized spacial score (nSPS) is 17.5. The predicted octanol–water partition coefficient (Wildman–Crippen LogP) is 4.29. The van der Waals surface area contributed by atoms with E-state index in [0.717, 1.165) is 42.5 Å². The molecule has 1 atom stereocenters. The Labute approximate surface area is 171 Å². The zero-order valence-corrected chi connectivity index (χ0v) is 16.9. The molecular weight excluding hydrogens is 391 g/mol. The predicted molar refractivity (Wildman–Crippen MR) is 112 cm³/mol. The summed E-state index contributed by atoms with van der Waals surface area (Å²) in [5.74, 6) is 0. The van der Waals surface area contributed by atoms with Crippen molar-refractivity contribution in [3.05, 3.63) is 70.6 Å². The minimum atomic E-state index is 0. The highest BCUT2D eigenvalue weighted by molar-refractivity contribution is 6.31. The van der Waals surface area contributed by atoms with E-state index in [0.29, 0.717) is 0 Å². The fraction of sp³-hybridized carbons (Fsp3) is 0.316. The van der Waals surface area contributed by atoms with Crippen LogP contribution in [0.15, 0.2) is 48.7 Å². The fourth-order valence-electron chi connectivity index (χ4n) is 3.53. The van der Waals surface area contributed by atoms with E-state index in [1.807, 2.05) is 18.2 Å². The van der Waals surface area contributed by atoms with Gasteiger partial charge in [0, 0.05) is 43.4 Å². The van der Waals surface area contributed by atoms with Crippen LogP contribution in [0.3, 0.4) is 0 Å². The van der Waals surface area contributed by atoms with Gasteiger partial charge in [-0.25, -0.2) is 4.98 Å². The lowest BCUT2D eigenvalue weighted by Crippen LogP contribution is -2.45. The van der Waals surface area contributed by atoms with Crippen LogP contribution in [0.1, 0.15) is 23.0 Å². The third-order valence-corrected chi connectivity index (χ3v) is 5.14. The molecular formula is C19H23Cl3N4. The number of nitrogens with one attached hydrogen (secondary N) is 1. The molecule has 7 heteroatoms. The van der Waals surface area contributed by atoms with Crippen LogP contribution in [-0.4, -0.2) is 33.9 Å². The van der Waals surface area contributed by atoms with Crippen molar-refractivity contribution in [1.82, 2.24) is 19.6 Å². The van der Waals surface area contributed by atoms with Gasteiger partial charge in [-0.2, -0.15) is 0 Å². The van der Waals surface area contributed by atoms with Crippen molar-refractivity contribution in [2.45, 2.75) is 19.5 Å². The molecule has 4 rings (SSSR count). The van der Waals surface area contributed by atoms with Gasteiger partial charge in [-0.3, -0.25) is 4.90 Å². The van der Waals surface area contributed by atoms with E-state index < -0.39 is 0 Å². The molecule has 0 saturated carbocycles. The molecule has 3 heterocycles. The first-order chi connectivity index (χ1) is 11.7. The molecule has 2 aromatic heterocycles. The first-order valence-corrected chi connectivity index (χ1v) is 8.73. The van der Waals surface area contributed by atoms with Crippen molar-refractivity contribution < 1.29 is 0 Å². The quantitative estimate of drug-likeness (QED) is 0.695. The van der Waals surface area contributed by atoms with Crippen molar-refractivity contribution in [2.24, 2.45) is 0 Å². The van der Waals surface area contributed by atoms with E-state index in [2.05, 4.69) is 57.0 Å². The Kier molecular flexibility index (Phi) is 7.33. The van der Waals surface area contributed by atoms with E-state index in [9.17, 15) is 0 Å². The molecule has 0 radical (unpaired) electrons. The molecule has 26 heavy (non-hydrogen) atoms. The van der Waals surface area contributed by atoms with Crippen LogP contribution in [0.2, 0.25) is 5.02 Å². The zero-order valence-electron chi connectivity index (χ0n) is 14.6. The Hall–Kier alpha value is -1.30. The Morgan fingerprint density at radius 1 is 1.15 bits per heavy atom. The highest BCUT2D eigenvalue weighted by Gasteiger charge is 2.26. The summed E-state index contributed by atoms with van der Waals surface area (Å²) in [6, 6.07) is 14.6. The van der Waals surface area contributed by atoms with Gasteiger partial charge in [-0.15, -0.1) is 24.8 Å². The van der Waals surface area contributed by atoms with Gasteiger partial charge in [0.05, 0.1) is 11.4 Å². The molecule has 1 fully saturated rings. The number of piperazine rings is 1. The molecule has 1 aromatic carbocycles. The molecule has 3 aromatic rings. The number of aromatic nitrogens is 2. The minimum Gasteiger partial charge on any atom is -0.314 e. The van der Waals surface area contributed by atoms with Gasteiger partial charge in [0.2, 0.25) is 0 Å². The summed E-state index contributed by atoms with van der Waals surface area (Å²) in [4.78, 5) is 7.19. The standard InChI is InChI=1S/C19H21ClN4.2ClH/c1-14-18(24-10-5-4-8-19(24)22-14)13-23-11-9-21-12-17(23)15-6-2-3-7-16(15)20;;/h2-8,10,17,21H,9,11-13H2,1H3;2*1H. The number of aryl methyl sites for hydroxylation is 1. The van der Waals surface area contributed by atoms with E-state index in [1.165, 1.54) is 11.3 Å². The highest BCUT2D eigenvalue weighted by atomic mass is 35.5. The number of hydrogen-bond donors (Lipinski definition) is 1. The topological polar surface area (TPSA) is 32.6 Å². The Morgan fingerprint density at radius 2 is 1.92 bits per heavy atom. The molecule has 1 N–H and O–H groups in total. The zero-order chi connectivity index (χ0) is 16.5. The van der Waals surface area contributed by atoms with Gasteiger partial charge in [0.25, 0.3) is 0 Å². The number of benzene rings is 1. The molecule has 0 bridgehead atoms. The number of halogens is 3. The average molecular weight is 414 g/mol. The molecule has 4 nitrogen and oxygen atoms in total. The number of imidazole rings is 1. The molecule has 1 saturated heterocycles. The Bertz CT molecular complexity index is 865. The molecule has 0 aliphatic carbocycles. The van der Waals surface area contributed by atoms with E-state index in [4.69, 9.17) is 11.6 Å². The average Bonchev–Trinajstić information content (AvgIpc) is 2.92. The third-order valence-electron chi connectivity index (χ3n) is 4.80. The first kappa shape index (κ1) is 21.0. The van der Waals surface area contributed by atoms with Crippen LogP contribution < -0.4 is 5.32 Å². The lowest BCUT2D eigenvalue weighted by atomic mass is 10.0. The van der Waals surface area contributed by atoms with Gasteiger partial charge in [-0.05, 0) is 30.7 Å². The first-order valence-electron chi connectivity index (χ1n) is 8.36. The summed E-state index contributed by atoms with van der Waals surface area (Å²) < 4.78 is 2.20. The van der Waals surface area contributed by atoms with Gasteiger partial charge in [0.15, 0.2) is 0 Å². The Morgan fingerprint density at radius 3 is 2.73 bits per heavy atom. The van der Waals surface area contributed by atoms with E-state index in [-0.39, 0.29) is 30.9 Å². The second-order valence-electron chi connectivity index (χ2n) is 6.28. The number of hydrogen-bond acceptors (Lipinski definition) is 3. The summed E-state index contributed by atoms with van der Waals surface area (Å²) in [5, 5.41) is 4.34. The number of nitrogens with zero attached hydrogens (tertiary/aromatic N) is 3. The van der Waals surface area contributed by atoms with Crippen LogP contribution in [0.25, 0.3) is 5.65 Å². The minimum absolute atomic E-state index is 0. The number of fused-ring (bicyclic) bond motifs is 1. The van der Waals surface area contributed by atoms with Crippen LogP contribution in [-0.2, 0) is 6.54 Å². The second-order valence-corrected chi connectivity index (χ2v) is 6.69. The van der Waals surface area contributed by atoms with Crippen LogP contribution in [0.4, 0.5) is 0 Å². The van der Waals surface area contributed by atoms with Crippen molar-refractivity contribution in [1.29, 1.82) is 0 Å². The largest absolute Gasteiger partial charge is 0.314 e. The van der Waals surface area contributed by atoms with Crippen molar-refractivity contribution in [2.75, 3.05) is 19.6 Å². The molecule has 1 aliphatic rings. The summed E-state index contributed by atoms with van der Waals surface area (Å²) in [6.45, 7) is 5.87. The van der Waals surface area contributed by atoms with Gasteiger partial charge in [0.1, 0.15) is 5.65 Å². The molecule has 0 amide bonds. The van der Waals surface area contributed by atoms with E-state index in [1.54, 1.807) is 0 Å². The van der Waals surface area contributed by atoms with Crippen molar-refractivity contribution in [3.8, 4) is 0 Å². The molecule has 140 valence electrons. The van der Waals surface area contributed by atoms with Crippen molar-refractivity contribution >= 4 is 42.1 Å². The summed E-state index contributed by atoms with van der Waals surface area (Å²) in [7, 11) is 0. The highest BCUT2D eigenvalue weighted by Crippen LogP contribution is 2.30. The maximum atomic E-state index is 6.46. The Balaban J connectivity index is 0.00000121. The van der Waals surface area contributed by atoms with Crippen LogP contribution >= 0.6 is 36.4 Å². The lowest BCUT2D eigenvalue weighted by molar-refractivity contribution is 0.151. The van der Waals surface area contributed by atoms with Crippen molar-refractivity contribution in [3.63, 3.8) is 0 Å². The smallest absolute Gasteiger partial charge is 0.137 e. The number of rotatable bonds is 3. The molecule has 1 aliphatic heterocycles. The summed E-state index contributed by atoms with van der Waals surface area (Å²) in [5.41, 5.74) is 4.55. The summed E-state index contributed by atoms with van der Waals surface area (Å²) >= 11 is 6.46.